The van der Waals surface area contributed by atoms with Gasteiger partial charge < -0.3 is 0 Å². The fourth-order valence-electron chi connectivity index (χ4n) is 2.26. The number of fused-ring (bicyclic) bond motifs is 1. The van der Waals surface area contributed by atoms with Gasteiger partial charge in [0.2, 0.25) is 5.82 Å². The Morgan fingerprint density at radius 3 is 2.45 bits per heavy atom. The summed E-state index contributed by atoms with van der Waals surface area (Å²) in [6.07, 6.45) is 0. The van der Waals surface area contributed by atoms with Crippen molar-refractivity contribution in [2.24, 2.45) is 0 Å². The number of rotatable bonds is 2. The summed E-state index contributed by atoms with van der Waals surface area (Å²) in [6.45, 7) is 0. The smallest absolute Gasteiger partial charge is 0.203 e. The van der Waals surface area contributed by atoms with Gasteiger partial charge in [-0.1, -0.05) is 48.0 Å². The van der Waals surface area contributed by atoms with Gasteiger partial charge in [0.25, 0.3) is 0 Å². The summed E-state index contributed by atoms with van der Waals surface area (Å²) in [5.74, 6) is 0.565. The number of nitrogens with zero attached hydrogens (tertiary/aromatic N) is 5. The molecule has 6 heteroatoms. The Balaban J connectivity index is 1.87. The van der Waals surface area contributed by atoms with E-state index in [0.29, 0.717) is 22.3 Å². The van der Waals surface area contributed by atoms with Gasteiger partial charge in [0, 0.05) is 5.56 Å². The Hall–Kier alpha value is -2.79. The first-order valence-corrected chi connectivity index (χ1v) is 7.10. The van der Waals surface area contributed by atoms with Crippen LogP contribution in [0.3, 0.4) is 0 Å². The van der Waals surface area contributed by atoms with E-state index < -0.39 is 0 Å². The van der Waals surface area contributed by atoms with Gasteiger partial charge >= 0.3 is 0 Å². The number of halogens is 1. The number of hydrogen-bond acceptors (Lipinski definition) is 4. The summed E-state index contributed by atoms with van der Waals surface area (Å²) >= 11 is 5.95. The van der Waals surface area contributed by atoms with Crippen LogP contribution in [-0.2, 0) is 0 Å². The Bertz CT molecular complexity index is 949. The van der Waals surface area contributed by atoms with Crippen LogP contribution in [0.15, 0.2) is 60.7 Å². The highest BCUT2D eigenvalue weighted by Gasteiger charge is 2.11. The molecule has 0 saturated carbocycles. The molecule has 5 nitrogen and oxygen atoms in total. The van der Waals surface area contributed by atoms with E-state index in [0.717, 1.165) is 11.3 Å². The van der Waals surface area contributed by atoms with Gasteiger partial charge in [-0.3, -0.25) is 0 Å². The summed E-state index contributed by atoms with van der Waals surface area (Å²) in [6, 6.07) is 19.2. The van der Waals surface area contributed by atoms with Crippen molar-refractivity contribution in [2.45, 2.75) is 0 Å². The van der Waals surface area contributed by atoms with Crippen LogP contribution in [0.25, 0.3) is 28.4 Å². The first kappa shape index (κ1) is 12.9. The summed E-state index contributed by atoms with van der Waals surface area (Å²) in [5, 5.41) is 12.9. The molecule has 4 aromatic rings. The maximum atomic E-state index is 5.95. The fourth-order valence-corrected chi connectivity index (χ4v) is 2.39. The van der Waals surface area contributed by atoms with Crippen LogP contribution in [0, 0.1) is 0 Å². The lowest BCUT2D eigenvalue weighted by Crippen LogP contribution is -1.97. The molecule has 0 saturated heterocycles. The minimum atomic E-state index is 0.382. The summed E-state index contributed by atoms with van der Waals surface area (Å²) in [4.78, 5) is 4.66. The van der Waals surface area contributed by atoms with Crippen molar-refractivity contribution in [3.63, 3.8) is 0 Å². The Labute approximate surface area is 131 Å². The van der Waals surface area contributed by atoms with Crippen LogP contribution in [0.2, 0.25) is 5.15 Å². The van der Waals surface area contributed by atoms with Crippen LogP contribution in [-0.4, -0.2) is 24.8 Å². The molecule has 0 radical (unpaired) electrons. The van der Waals surface area contributed by atoms with Gasteiger partial charge in [-0.25, -0.2) is 4.98 Å². The van der Waals surface area contributed by atoms with Crippen molar-refractivity contribution in [3.8, 4) is 22.8 Å². The van der Waals surface area contributed by atoms with Gasteiger partial charge in [0.05, 0.1) is 5.69 Å². The van der Waals surface area contributed by atoms with Crippen LogP contribution in [0.5, 0.6) is 0 Å². The summed E-state index contributed by atoms with van der Waals surface area (Å²) < 4.78 is 1.60. The third-order valence-corrected chi connectivity index (χ3v) is 3.48. The molecule has 0 N–H and O–H groups in total. The first-order valence-electron chi connectivity index (χ1n) is 6.72. The van der Waals surface area contributed by atoms with Crippen LogP contribution in [0.4, 0.5) is 0 Å². The molecule has 0 spiro atoms. The predicted octanol–water partition coefficient (Wildman–Crippen LogP) is 3.51. The van der Waals surface area contributed by atoms with Gasteiger partial charge in [-0.05, 0) is 24.3 Å². The number of aromatic nitrogens is 5. The zero-order chi connectivity index (χ0) is 14.9. The topological polar surface area (TPSA) is 56.0 Å². The summed E-state index contributed by atoms with van der Waals surface area (Å²) in [5.41, 5.74) is 3.25. The maximum absolute atomic E-state index is 5.95. The zero-order valence-electron chi connectivity index (χ0n) is 11.4. The van der Waals surface area contributed by atoms with Crippen molar-refractivity contribution in [1.29, 1.82) is 0 Å². The van der Waals surface area contributed by atoms with Crippen molar-refractivity contribution in [3.05, 3.63) is 65.8 Å². The average Bonchev–Trinajstić information content (AvgIpc) is 2.99. The largest absolute Gasteiger partial charge is 0.244 e. The molecule has 0 atom stereocenters. The van der Waals surface area contributed by atoms with Crippen molar-refractivity contribution in [2.75, 3.05) is 0 Å². The van der Waals surface area contributed by atoms with E-state index in [1.54, 1.807) is 16.6 Å². The highest BCUT2D eigenvalue weighted by molar-refractivity contribution is 6.29. The number of pyridine rings is 1. The molecule has 0 amide bonds. The number of hydrogen-bond donors (Lipinski definition) is 0. The molecule has 0 unspecified atom stereocenters. The zero-order valence-corrected chi connectivity index (χ0v) is 12.1. The monoisotopic (exact) mass is 307 g/mol. The molecular formula is C16H10ClN5. The maximum Gasteiger partial charge on any atom is 0.203 e. The van der Waals surface area contributed by atoms with E-state index in [-0.39, 0.29) is 0 Å². The minimum absolute atomic E-state index is 0.382. The standard InChI is InChI=1S/C16H10ClN5/c17-14-9-10-15-19-20-16(22(15)21-14)13-8-4-7-12(18-13)11-5-2-1-3-6-11/h1-10H. The molecule has 3 aromatic heterocycles. The summed E-state index contributed by atoms with van der Waals surface area (Å²) in [7, 11) is 0. The van der Waals surface area contributed by atoms with Gasteiger partial charge in [-0.2, -0.15) is 9.61 Å². The van der Waals surface area contributed by atoms with Crippen LogP contribution in [0.1, 0.15) is 0 Å². The van der Waals surface area contributed by atoms with Crippen LogP contribution < -0.4 is 0 Å². The van der Waals surface area contributed by atoms with Gasteiger partial charge in [0.1, 0.15) is 10.8 Å². The predicted molar refractivity (Wildman–Crippen MR) is 84.5 cm³/mol. The Morgan fingerprint density at radius 1 is 0.773 bits per heavy atom. The molecule has 0 aliphatic heterocycles. The molecule has 4 rings (SSSR count). The molecule has 0 aliphatic carbocycles. The lowest BCUT2D eigenvalue weighted by molar-refractivity contribution is 0.930. The lowest BCUT2D eigenvalue weighted by atomic mass is 10.1. The average molecular weight is 308 g/mol. The molecular weight excluding hydrogens is 298 g/mol. The second kappa shape index (κ2) is 5.20. The van der Waals surface area contributed by atoms with E-state index in [4.69, 9.17) is 11.6 Å². The highest BCUT2D eigenvalue weighted by Crippen LogP contribution is 2.21. The Kier molecular flexibility index (Phi) is 3.05. The molecule has 0 fully saturated rings. The normalized spacial score (nSPS) is 11.0. The minimum Gasteiger partial charge on any atom is -0.244 e. The third-order valence-electron chi connectivity index (χ3n) is 3.28. The highest BCUT2D eigenvalue weighted by atomic mass is 35.5. The second-order valence-corrected chi connectivity index (χ2v) is 5.11. The van der Waals surface area contributed by atoms with E-state index in [1.165, 1.54) is 0 Å². The lowest BCUT2D eigenvalue weighted by Gasteiger charge is -2.03. The SMILES string of the molecule is Clc1ccc2nnc(-c3cccc(-c4ccccc4)n3)n2n1. The van der Waals surface area contributed by atoms with Gasteiger partial charge in [0.15, 0.2) is 5.65 Å². The van der Waals surface area contributed by atoms with Crippen molar-refractivity contribution >= 4 is 17.2 Å². The first-order chi connectivity index (χ1) is 10.8. The van der Waals surface area contributed by atoms with Crippen LogP contribution >= 0.6 is 11.6 Å². The van der Waals surface area contributed by atoms with Gasteiger partial charge in [-0.15, -0.1) is 10.2 Å². The number of benzene rings is 1. The second-order valence-electron chi connectivity index (χ2n) is 4.72. The van der Waals surface area contributed by atoms with Crippen molar-refractivity contribution < 1.29 is 0 Å². The Morgan fingerprint density at radius 2 is 1.59 bits per heavy atom. The van der Waals surface area contributed by atoms with E-state index >= 15 is 0 Å². The molecule has 0 bridgehead atoms. The molecule has 106 valence electrons. The molecule has 3 heterocycles. The molecule has 1 aromatic carbocycles. The van der Waals surface area contributed by atoms with E-state index in [2.05, 4.69) is 20.3 Å². The molecule has 22 heavy (non-hydrogen) atoms. The third kappa shape index (κ3) is 2.21. The van der Waals surface area contributed by atoms with E-state index in [9.17, 15) is 0 Å². The fraction of sp³-hybridized carbons (Fsp3) is 0. The van der Waals surface area contributed by atoms with E-state index in [1.807, 2.05) is 48.5 Å². The quantitative estimate of drug-likeness (QED) is 0.568. The molecule has 0 aliphatic rings. The van der Waals surface area contributed by atoms with Crippen molar-refractivity contribution in [1.82, 2.24) is 24.8 Å².